The normalized spacial score (nSPS) is 11.7. The summed E-state index contributed by atoms with van der Waals surface area (Å²) in [6.07, 6.45) is 0. The lowest BCUT2D eigenvalue weighted by Gasteiger charge is -2.18. The molecule has 0 bridgehead atoms. The van der Waals surface area contributed by atoms with Gasteiger partial charge in [0, 0.05) is 24.7 Å². The molecule has 0 aliphatic rings. The van der Waals surface area contributed by atoms with Gasteiger partial charge >= 0.3 is 0 Å². The van der Waals surface area contributed by atoms with Crippen molar-refractivity contribution >= 4 is 27.5 Å². The molecule has 152 valence electrons. The largest absolute Gasteiger partial charge is 0.284 e. The maximum absolute atomic E-state index is 12.7. The summed E-state index contributed by atoms with van der Waals surface area (Å²) in [5.41, 5.74) is 0.524. The van der Waals surface area contributed by atoms with E-state index in [1.54, 1.807) is 13.8 Å². The summed E-state index contributed by atoms with van der Waals surface area (Å²) in [7, 11) is -3.80. The van der Waals surface area contributed by atoms with Gasteiger partial charge in [0.2, 0.25) is 15.2 Å². The van der Waals surface area contributed by atoms with Gasteiger partial charge in [0.15, 0.2) is 5.82 Å². The van der Waals surface area contributed by atoms with Crippen LogP contribution in [0.5, 0.6) is 0 Å². The first kappa shape index (κ1) is 21.0. The number of H-pyrrole nitrogens is 1. The van der Waals surface area contributed by atoms with Crippen LogP contribution in [0.25, 0.3) is 11.4 Å². The van der Waals surface area contributed by atoms with E-state index in [9.17, 15) is 18.5 Å². The predicted octanol–water partition coefficient (Wildman–Crippen LogP) is 3.56. The number of nitrogens with zero attached hydrogens (tertiary/aromatic N) is 4. The number of benzene rings is 2. The number of hydrogen-bond acceptors (Lipinski definition) is 7. The highest BCUT2D eigenvalue weighted by Crippen LogP contribution is 2.35. The van der Waals surface area contributed by atoms with Crippen molar-refractivity contribution in [2.24, 2.45) is 0 Å². The molecular formula is C18H19N5O4S2. The molecule has 3 aromatic rings. The molecule has 1 aromatic heterocycles. The minimum Gasteiger partial charge on any atom is -0.258 e. The molecule has 0 fully saturated rings. The zero-order valence-corrected chi connectivity index (χ0v) is 17.4. The van der Waals surface area contributed by atoms with Crippen LogP contribution in [0, 0.1) is 10.1 Å². The number of aromatic amines is 1. The predicted molar refractivity (Wildman–Crippen MR) is 109 cm³/mol. The average molecular weight is 434 g/mol. The summed E-state index contributed by atoms with van der Waals surface area (Å²) >= 11 is 0.994. The first-order valence-electron chi connectivity index (χ1n) is 8.81. The van der Waals surface area contributed by atoms with Gasteiger partial charge in [-0.1, -0.05) is 44.2 Å². The third-order valence-electron chi connectivity index (χ3n) is 4.18. The minimum atomic E-state index is -3.80. The molecule has 3 rings (SSSR count). The van der Waals surface area contributed by atoms with Gasteiger partial charge in [-0.15, -0.1) is 5.10 Å². The van der Waals surface area contributed by atoms with Crippen LogP contribution >= 0.6 is 11.8 Å². The van der Waals surface area contributed by atoms with E-state index in [1.165, 1.54) is 16.4 Å². The van der Waals surface area contributed by atoms with Crippen molar-refractivity contribution in [1.29, 1.82) is 0 Å². The van der Waals surface area contributed by atoms with Crippen molar-refractivity contribution in [1.82, 2.24) is 19.5 Å². The van der Waals surface area contributed by atoms with Crippen LogP contribution in [0.1, 0.15) is 13.8 Å². The van der Waals surface area contributed by atoms with Crippen LogP contribution in [0.4, 0.5) is 5.69 Å². The molecule has 0 saturated carbocycles. The van der Waals surface area contributed by atoms with E-state index in [4.69, 9.17) is 0 Å². The first-order chi connectivity index (χ1) is 13.9. The zero-order valence-electron chi connectivity index (χ0n) is 15.8. The Bertz CT molecular complexity index is 1110. The second-order valence-electron chi connectivity index (χ2n) is 5.91. The van der Waals surface area contributed by atoms with Crippen molar-refractivity contribution in [3.05, 3.63) is 58.6 Å². The number of sulfonamides is 1. The highest BCUT2D eigenvalue weighted by molar-refractivity contribution is 7.99. The zero-order chi connectivity index (χ0) is 21.0. The summed E-state index contributed by atoms with van der Waals surface area (Å²) in [4.78, 5) is 15.5. The van der Waals surface area contributed by atoms with Crippen molar-refractivity contribution in [2.75, 3.05) is 13.1 Å². The van der Waals surface area contributed by atoms with E-state index < -0.39 is 14.9 Å². The van der Waals surface area contributed by atoms with Crippen molar-refractivity contribution in [3.63, 3.8) is 0 Å². The fraction of sp³-hybridized carbons (Fsp3) is 0.222. The Morgan fingerprint density at radius 2 is 1.83 bits per heavy atom. The monoisotopic (exact) mass is 433 g/mol. The Kier molecular flexibility index (Phi) is 6.30. The molecule has 0 aliphatic carbocycles. The summed E-state index contributed by atoms with van der Waals surface area (Å²) in [6.45, 7) is 3.99. The van der Waals surface area contributed by atoms with E-state index in [2.05, 4.69) is 15.2 Å². The van der Waals surface area contributed by atoms with Crippen LogP contribution in [-0.2, 0) is 10.0 Å². The Hall–Kier alpha value is -2.76. The lowest BCUT2D eigenvalue weighted by molar-refractivity contribution is -0.388. The maximum atomic E-state index is 12.7. The first-order valence-corrected chi connectivity index (χ1v) is 11.1. The van der Waals surface area contributed by atoms with Gasteiger partial charge in [-0.3, -0.25) is 15.2 Å². The lowest BCUT2D eigenvalue weighted by atomic mass is 10.2. The van der Waals surface area contributed by atoms with Crippen molar-refractivity contribution < 1.29 is 13.3 Å². The summed E-state index contributed by atoms with van der Waals surface area (Å²) in [6, 6.07) is 13.2. The third-order valence-corrected chi connectivity index (χ3v) is 7.16. The second kappa shape index (κ2) is 8.72. The van der Waals surface area contributed by atoms with Crippen LogP contribution in [-0.4, -0.2) is 45.9 Å². The number of hydrogen-bond donors (Lipinski definition) is 1. The van der Waals surface area contributed by atoms with Gasteiger partial charge in [0.05, 0.1) is 14.7 Å². The summed E-state index contributed by atoms with van der Waals surface area (Å²) in [5.74, 6) is 0.538. The molecule has 0 aliphatic heterocycles. The molecule has 0 radical (unpaired) electrons. The van der Waals surface area contributed by atoms with E-state index >= 15 is 0 Å². The summed E-state index contributed by atoms with van der Waals surface area (Å²) < 4.78 is 26.6. The smallest absolute Gasteiger partial charge is 0.258 e. The standard InChI is InChI=1S/C18H19N5O4S2/c1-3-22(4-2)29(26,27)14-10-11-16(15(12-14)23(24)25)28-18-19-17(20-21-18)13-8-6-5-7-9-13/h5-12H,3-4H2,1-2H3,(H,19,20,21). The van der Waals surface area contributed by atoms with Crippen LogP contribution < -0.4 is 0 Å². The fourth-order valence-electron chi connectivity index (χ4n) is 2.71. The molecule has 11 heteroatoms. The van der Waals surface area contributed by atoms with Gasteiger partial charge in [-0.25, -0.2) is 13.4 Å². The molecule has 0 saturated heterocycles. The molecule has 0 spiro atoms. The van der Waals surface area contributed by atoms with Crippen LogP contribution in [0.2, 0.25) is 0 Å². The molecule has 9 nitrogen and oxygen atoms in total. The average Bonchev–Trinajstić information content (AvgIpc) is 3.18. The highest BCUT2D eigenvalue weighted by Gasteiger charge is 2.26. The number of nitro benzene ring substituents is 1. The van der Waals surface area contributed by atoms with Crippen molar-refractivity contribution in [3.8, 4) is 11.4 Å². The number of nitro groups is 1. The Labute approximate surface area is 172 Å². The van der Waals surface area contributed by atoms with E-state index in [0.29, 0.717) is 11.0 Å². The Morgan fingerprint density at radius 3 is 2.45 bits per heavy atom. The molecular weight excluding hydrogens is 414 g/mol. The molecule has 1 heterocycles. The van der Waals surface area contributed by atoms with Gasteiger partial charge in [0.25, 0.3) is 5.69 Å². The number of nitrogens with one attached hydrogen (secondary N) is 1. The van der Waals surface area contributed by atoms with Crippen LogP contribution in [0.15, 0.2) is 63.5 Å². The third kappa shape index (κ3) is 4.47. The quantitative estimate of drug-likeness (QED) is 0.426. The number of rotatable bonds is 8. The molecule has 0 unspecified atom stereocenters. The molecule has 2 aromatic carbocycles. The fourth-order valence-corrected chi connectivity index (χ4v) is 4.99. The van der Waals surface area contributed by atoms with Gasteiger partial charge < -0.3 is 0 Å². The maximum Gasteiger partial charge on any atom is 0.284 e. The molecule has 29 heavy (non-hydrogen) atoms. The second-order valence-corrected chi connectivity index (χ2v) is 8.86. The Balaban J connectivity index is 1.93. The Morgan fingerprint density at radius 1 is 1.14 bits per heavy atom. The van der Waals surface area contributed by atoms with Gasteiger partial charge in [-0.05, 0) is 23.9 Å². The van der Waals surface area contributed by atoms with E-state index in [1.807, 2.05) is 30.3 Å². The lowest BCUT2D eigenvalue weighted by Crippen LogP contribution is -2.30. The molecule has 1 N–H and O–H groups in total. The van der Waals surface area contributed by atoms with Gasteiger partial charge in [0.1, 0.15) is 0 Å². The molecule has 0 amide bonds. The topological polar surface area (TPSA) is 122 Å². The molecule has 0 atom stereocenters. The minimum absolute atomic E-state index is 0.114. The highest BCUT2D eigenvalue weighted by atomic mass is 32.2. The summed E-state index contributed by atoms with van der Waals surface area (Å²) in [5, 5.41) is 18.8. The van der Waals surface area contributed by atoms with E-state index in [0.717, 1.165) is 23.4 Å². The SMILES string of the molecule is CCN(CC)S(=O)(=O)c1ccc(Sc2n[nH]c(-c3ccccc3)n2)c([N+](=O)[O-])c1. The number of aromatic nitrogens is 3. The van der Waals surface area contributed by atoms with E-state index in [-0.39, 0.29) is 28.6 Å². The van der Waals surface area contributed by atoms with Gasteiger partial charge in [-0.2, -0.15) is 4.31 Å². The van der Waals surface area contributed by atoms with Crippen LogP contribution in [0.3, 0.4) is 0 Å². The van der Waals surface area contributed by atoms with Crippen molar-refractivity contribution in [2.45, 2.75) is 28.8 Å².